The molecule has 0 atom stereocenters. The van der Waals surface area contributed by atoms with E-state index < -0.39 is 10.0 Å². The number of hydrogen-bond donors (Lipinski definition) is 3. The Morgan fingerprint density at radius 3 is 2.20 bits per heavy atom. The van der Waals surface area contributed by atoms with Gasteiger partial charge in [-0.1, -0.05) is 23.2 Å². The summed E-state index contributed by atoms with van der Waals surface area (Å²) in [7, 11) is -3.72. The average Bonchev–Trinajstić information content (AvgIpc) is 2.42. The Balaban J connectivity index is 2.30. The number of nitrogens with two attached hydrogens (primary N) is 1. The van der Waals surface area contributed by atoms with Crippen molar-refractivity contribution < 1.29 is 8.42 Å². The average molecular weight is 332 g/mol. The van der Waals surface area contributed by atoms with E-state index in [1.54, 1.807) is 18.2 Å². The number of rotatable bonds is 4. The number of sulfonamides is 1. The molecule has 0 bridgehead atoms. The summed E-state index contributed by atoms with van der Waals surface area (Å²) >= 11 is 11.7. The predicted molar refractivity (Wildman–Crippen MR) is 81.5 cm³/mol. The normalized spacial score (nSPS) is 11.2. The highest BCUT2D eigenvalue weighted by molar-refractivity contribution is 7.92. The molecule has 0 aliphatic carbocycles. The van der Waals surface area contributed by atoms with Gasteiger partial charge in [0.25, 0.3) is 10.0 Å². The molecule has 0 saturated heterocycles. The topological polar surface area (TPSA) is 84.2 Å². The molecule has 0 aliphatic rings. The van der Waals surface area contributed by atoms with Crippen LogP contribution in [0.5, 0.6) is 0 Å². The second-order valence-electron chi connectivity index (χ2n) is 3.90. The molecule has 5 nitrogen and oxygen atoms in total. The number of nitrogen functional groups attached to an aromatic ring is 1. The van der Waals surface area contributed by atoms with Crippen LogP contribution in [-0.4, -0.2) is 8.42 Å². The second-order valence-corrected chi connectivity index (χ2v) is 6.42. The van der Waals surface area contributed by atoms with Crippen molar-refractivity contribution in [2.24, 2.45) is 5.84 Å². The van der Waals surface area contributed by atoms with Crippen molar-refractivity contribution >= 4 is 44.6 Å². The Hall–Kier alpha value is -1.47. The fourth-order valence-electron chi connectivity index (χ4n) is 1.51. The van der Waals surface area contributed by atoms with Gasteiger partial charge in [0, 0.05) is 10.7 Å². The van der Waals surface area contributed by atoms with E-state index in [9.17, 15) is 8.42 Å². The molecular formula is C12H11Cl2N3O2S. The van der Waals surface area contributed by atoms with Crippen molar-refractivity contribution in [3.8, 4) is 0 Å². The van der Waals surface area contributed by atoms with Crippen LogP contribution < -0.4 is 16.0 Å². The molecule has 0 unspecified atom stereocenters. The molecule has 2 aromatic carbocycles. The van der Waals surface area contributed by atoms with Crippen LogP contribution in [0.3, 0.4) is 0 Å². The van der Waals surface area contributed by atoms with Gasteiger partial charge in [-0.3, -0.25) is 10.6 Å². The summed E-state index contributed by atoms with van der Waals surface area (Å²) in [5, 5.41) is 0.651. The third-order valence-electron chi connectivity index (χ3n) is 2.51. The number of hydrogen-bond acceptors (Lipinski definition) is 4. The largest absolute Gasteiger partial charge is 0.324 e. The first-order valence-corrected chi connectivity index (χ1v) is 7.71. The van der Waals surface area contributed by atoms with E-state index >= 15 is 0 Å². The zero-order valence-electron chi connectivity index (χ0n) is 10.1. The van der Waals surface area contributed by atoms with Crippen LogP contribution in [0.15, 0.2) is 47.4 Å². The number of halogens is 2. The number of nitrogens with one attached hydrogen (secondary N) is 2. The summed E-state index contributed by atoms with van der Waals surface area (Å²) in [6.45, 7) is 0. The zero-order valence-corrected chi connectivity index (χ0v) is 12.4. The predicted octanol–water partition coefficient (Wildman–Crippen LogP) is 3.08. The molecule has 4 N–H and O–H groups in total. The molecule has 0 aliphatic heterocycles. The van der Waals surface area contributed by atoms with Crippen molar-refractivity contribution in [3.05, 3.63) is 52.5 Å². The smallest absolute Gasteiger partial charge is 0.261 e. The molecule has 0 amide bonds. The van der Waals surface area contributed by atoms with Gasteiger partial charge in [0.15, 0.2) is 0 Å². The van der Waals surface area contributed by atoms with Crippen molar-refractivity contribution in [2.45, 2.75) is 4.90 Å². The van der Waals surface area contributed by atoms with Crippen LogP contribution in [0, 0.1) is 0 Å². The number of hydrazine groups is 1. The van der Waals surface area contributed by atoms with Gasteiger partial charge in [-0.2, -0.15) is 0 Å². The minimum absolute atomic E-state index is 0.0996. The number of benzene rings is 2. The summed E-state index contributed by atoms with van der Waals surface area (Å²) in [5.74, 6) is 5.22. The van der Waals surface area contributed by atoms with Gasteiger partial charge in [-0.15, -0.1) is 0 Å². The first-order valence-electron chi connectivity index (χ1n) is 5.47. The van der Waals surface area contributed by atoms with Gasteiger partial charge < -0.3 is 5.43 Å². The summed E-state index contributed by atoms with van der Waals surface area (Å²) in [5.41, 5.74) is 3.29. The van der Waals surface area contributed by atoms with Gasteiger partial charge in [0.05, 0.1) is 15.6 Å². The van der Waals surface area contributed by atoms with Gasteiger partial charge >= 0.3 is 0 Å². The summed E-state index contributed by atoms with van der Waals surface area (Å²) < 4.78 is 26.8. The Morgan fingerprint density at radius 1 is 1.00 bits per heavy atom. The molecule has 8 heteroatoms. The minimum atomic E-state index is -3.72. The fourth-order valence-corrected chi connectivity index (χ4v) is 3.10. The molecule has 20 heavy (non-hydrogen) atoms. The first kappa shape index (κ1) is 14.9. The van der Waals surface area contributed by atoms with Crippen LogP contribution in [0.4, 0.5) is 11.4 Å². The van der Waals surface area contributed by atoms with E-state index in [0.717, 1.165) is 0 Å². The van der Waals surface area contributed by atoms with Gasteiger partial charge in [-0.05, 0) is 42.5 Å². The molecule has 2 rings (SSSR count). The highest BCUT2D eigenvalue weighted by Crippen LogP contribution is 2.27. The molecule has 106 valence electrons. The SMILES string of the molecule is NNc1ccc(S(=O)(=O)Nc2ccc(Cl)cc2Cl)cc1. The fraction of sp³-hybridized carbons (Fsp3) is 0. The summed E-state index contributed by atoms with van der Waals surface area (Å²) in [6, 6.07) is 10.5. The van der Waals surface area contributed by atoms with Gasteiger partial charge in [0.1, 0.15) is 0 Å². The molecule has 0 saturated carbocycles. The lowest BCUT2D eigenvalue weighted by molar-refractivity contribution is 0.601. The van der Waals surface area contributed by atoms with E-state index in [-0.39, 0.29) is 15.6 Å². The third kappa shape index (κ3) is 3.34. The maximum Gasteiger partial charge on any atom is 0.261 e. The molecule has 0 fully saturated rings. The van der Waals surface area contributed by atoms with Gasteiger partial charge in [0.2, 0.25) is 0 Å². The quantitative estimate of drug-likeness (QED) is 0.593. The Morgan fingerprint density at radius 2 is 1.65 bits per heavy atom. The molecule has 0 aromatic heterocycles. The molecular weight excluding hydrogens is 321 g/mol. The lowest BCUT2D eigenvalue weighted by Crippen LogP contribution is -2.13. The van der Waals surface area contributed by atoms with Gasteiger partial charge in [-0.25, -0.2) is 8.42 Å². The highest BCUT2D eigenvalue weighted by atomic mass is 35.5. The van der Waals surface area contributed by atoms with Crippen molar-refractivity contribution in [2.75, 3.05) is 10.1 Å². The van der Waals surface area contributed by atoms with Crippen molar-refractivity contribution in [3.63, 3.8) is 0 Å². The lowest BCUT2D eigenvalue weighted by Gasteiger charge is -2.10. The van der Waals surface area contributed by atoms with Crippen molar-refractivity contribution in [1.29, 1.82) is 0 Å². The van der Waals surface area contributed by atoms with E-state index in [0.29, 0.717) is 10.7 Å². The third-order valence-corrected chi connectivity index (χ3v) is 4.44. The maximum atomic E-state index is 12.2. The Labute approximate surface area is 126 Å². The molecule has 0 spiro atoms. The molecule has 0 radical (unpaired) electrons. The van der Waals surface area contributed by atoms with Crippen LogP contribution in [0.25, 0.3) is 0 Å². The Bertz CT molecular complexity index is 718. The van der Waals surface area contributed by atoms with E-state index in [4.69, 9.17) is 29.0 Å². The second kappa shape index (κ2) is 5.88. The summed E-state index contributed by atoms with van der Waals surface area (Å²) in [4.78, 5) is 0.0996. The first-order chi connectivity index (χ1) is 9.42. The van der Waals surface area contributed by atoms with Crippen molar-refractivity contribution in [1.82, 2.24) is 0 Å². The van der Waals surface area contributed by atoms with Crippen LogP contribution in [0.2, 0.25) is 10.0 Å². The Kier molecular flexibility index (Phi) is 4.39. The minimum Gasteiger partial charge on any atom is -0.324 e. The summed E-state index contributed by atoms with van der Waals surface area (Å²) in [6.07, 6.45) is 0. The van der Waals surface area contributed by atoms with E-state index in [1.807, 2.05) is 0 Å². The van der Waals surface area contributed by atoms with E-state index in [1.165, 1.54) is 24.3 Å². The standard InChI is InChI=1S/C12H11Cl2N3O2S/c13-8-1-6-12(11(14)7-8)17-20(18,19)10-4-2-9(16-15)3-5-10/h1-7,16-17H,15H2. The number of anilines is 2. The van der Waals surface area contributed by atoms with Crippen LogP contribution in [0.1, 0.15) is 0 Å². The van der Waals surface area contributed by atoms with Crippen LogP contribution >= 0.6 is 23.2 Å². The lowest BCUT2D eigenvalue weighted by atomic mass is 10.3. The molecule has 0 heterocycles. The maximum absolute atomic E-state index is 12.2. The van der Waals surface area contributed by atoms with Crippen LogP contribution in [-0.2, 0) is 10.0 Å². The monoisotopic (exact) mass is 331 g/mol. The van der Waals surface area contributed by atoms with E-state index in [2.05, 4.69) is 10.1 Å². The highest BCUT2D eigenvalue weighted by Gasteiger charge is 2.15. The molecule has 2 aromatic rings. The zero-order chi connectivity index (χ0) is 14.8.